The number of piperazine rings is 1. The van der Waals surface area contributed by atoms with Gasteiger partial charge in [-0.25, -0.2) is 0 Å². The van der Waals surface area contributed by atoms with Crippen LogP contribution in [-0.4, -0.2) is 35.3 Å². The molecule has 0 aromatic rings. The Balaban J connectivity index is 2.89. The molecule has 4 nitrogen and oxygen atoms in total. The van der Waals surface area contributed by atoms with Crippen LogP contribution < -0.4 is 5.32 Å². The number of amides is 2. The molecule has 4 heteroatoms. The molecule has 19 heavy (non-hydrogen) atoms. The lowest BCUT2D eigenvalue weighted by atomic mass is 9.80. The maximum absolute atomic E-state index is 12.5. The molecule has 1 heterocycles. The topological polar surface area (TPSA) is 49.4 Å². The number of nitrogens with zero attached hydrogens (tertiary/aromatic N) is 1. The molecule has 1 saturated heterocycles. The summed E-state index contributed by atoms with van der Waals surface area (Å²) < 4.78 is 0. The number of hydrogen-bond acceptors (Lipinski definition) is 2. The number of nitrogens with one attached hydrogen (secondary N) is 1. The van der Waals surface area contributed by atoms with Gasteiger partial charge in [0.25, 0.3) is 0 Å². The van der Waals surface area contributed by atoms with Gasteiger partial charge < -0.3 is 10.2 Å². The molecule has 0 spiro atoms. The zero-order chi connectivity index (χ0) is 14.8. The monoisotopic (exact) mass is 268 g/mol. The van der Waals surface area contributed by atoms with Gasteiger partial charge in [-0.3, -0.25) is 9.59 Å². The highest BCUT2D eigenvalue weighted by Crippen LogP contribution is 2.29. The van der Waals surface area contributed by atoms with Gasteiger partial charge in [-0.15, -0.1) is 0 Å². The molecule has 1 N–H and O–H groups in total. The van der Waals surface area contributed by atoms with Crippen LogP contribution in [-0.2, 0) is 9.59 Å². The summed E-state index contributed by atoms with van der Waals surface area (Å²) in [5, 5.41) is 2.83. The zero-order valence-electron chi connectivity index (χ0n) is 13.1. The van der Waals surface area contributed by atoms with E-state index in [0.717, 1.165) is 12.8 Å². The molecule has 1 rings (SSSR count). The van der Waals surface area contributed by atoms with Gasteiger partial charge in [-0.2, -0.15) is 0 Å². The number of hydrogen-bond donors (Lipinski definition) is 1. The lowest BCUT2D eigenvalue weighted by molar-refractivity contribution is -0.150. The molecule has 0 bridgehead atoms. The highest BCUT2D eigenvalue weighted by molar-refractivity contribution is 5.96. The van der Waals surface area contributed by atoms with Crippen LogP contribution in [0.15, 0.2) is 0 Å². The Hall–Kier alpha value is -1.06. The Morgan fingerprint density at radius 2 is 1.89 bits per heavy atom. The predicted octanol–water partition coefficient (Wildman–Crippen LogP) is 2.18. The van der Waals surface area contributed by atoms with E-state index in [4.69, 9.17) is 0 Å². The molecular weight excluding hydrogens is 240 g/mol. The molecule has 2 unspecified atom stereocenters. The van der Waals surface area contributed by atoms with E-state index in [1.807, 2.05) is 13.8 Å². The predicted molar refractivity (Wildman–Crippen MR) is 76.6 cm³/mol. The summed E-state index contributed by atoms with van der Waals surface area (Å²) in [6.07, 6.45) is 1.61. The molecule has 2 amide bonds. The second kappa shape index (κ2) is 5.93. The lowest BCUT2D eigenvalue weighted by Gasteiger charge is -2.42. The van der Waals surface area contributed by atoms with Crippen LogP contribution in [0.2, 0.25) is 0 Å². The Labute approximate surface area is 116 Å². The molecule has 110 valence electrons. The third kappa shape index (κ3) is 3.48. The average molecular weight is 268 g/mol. The van der Waals surface area contributed by atoms with Gasteiger partial charge in [0.1, 0.15) is 12.1 Å². The fourth-order valence-corrected chi connectivity index (χ4v) is 2.21. The Morgan fingerprint density at radius 3 is 2.37 bits per heavy atom. The largest absolute Gasteiger partial charge is 0.343 e. The van der Waals surface area contributed by atoms with Gasteiger partial charge in [-0.1, -0.05) is 41.0 Å². The van der Waals surface area contributed by atoms with Crippen molar-refractivity contribution in [2.75, 3.05) is 6.54 Å². The summed E-state index contributed by atoms with van der Waals surface area (Å²) in [6, 6.07) is -0.699. The first-order chi connectivity index (χ1) is 8.70. The molecule has 1 fully saturated rings. The third-order valence-electron chi connectivity index (χ3n) is 4.46. The van der Waals surface area contributed by atoms with Gasteiger partial charge in [0.15, 0.2) is 0 Å². The zero-order valence-corrected chi connectivity index (χ0v) is 13.1. The second-order valence-electron chi connectivity index (χ2n) is 6.64. The molecule has 1 aliphatic heterocycles. The average Bonchev–Trinajstić information content (AvgIpc) is 2.31. The number of rotatable bonds is 5. The van der Waals surface area contributed by atoms with E-state index in [1.54, 1.807) is 4.90 Å². The molecule has 0 aliphatic carbocycles. The van der Waals surface area contributed by atoms with Gasteiger partial charge >= 0.3 is 0 Å². The molecule has 1 aliphatic rings. The second-order valence-corrected chi connectivity index (χ2v) is 6.64. The maximum Gasteiger partial charge on any atom is 0.245 e. The standard InChI is InChI=1S/C15H28N2O2/c1-7-8-12-14(19)17(11(4)13(18)16-12)9-15(5,6)10(2)3/h10-12H,7-9H2,1-6H3,(H,16,18). The van der Waals surface area contributed by atoms with Crippen molar-refractivity contribution in [3.05, 3.63) is 0 Å². The summed E-state index contributed by atoms with van der Waals surface area (Å²) in [4.78, 5) is 26.2. The van der Waals surface area contributed by atoms with Gasteiger partial charge in [0.2, 0.25) is 11.8 Å². The van der Waals surface area contributed by atoms with Crippen LogP contribution in [0.25, 0.3) is 0 Å². The van der Waals surface area contributed by atoms with Crippen molar-refractivity contribution >= 4 is 11.8 Å². The molecule has 2 atom stereocenters. The summed E-state index contributed by atoms with van der Waals surface area (Å²) in [6.45, 7) is 13.1. The third-order valence-corrected chi connectivity index (χ3v) is 4.46. The van der Waals surface area contributed by atoms with E-state index < -0.39 is 0 Å². The smallest absolute Gasteiger partial charge is 0.245 e. The van der Waals surface area contributed by atoms with Crippen molar-refractivity contribution in [1.29, 1.82) is 0 Å². The Morgan fingerprint density at radius 1 is 1.32 bits per heavy atom. The fourth-order valence-electron chi connectivity index (χ4n) is 2.21. The van der Waals surface area contributed by atoms with Crippen LogP contribution >= 0.6 is 0 Å². The van der Waals surface area contributed by atoms with Crippen molar-refractivity contribution < 1.29 is 9.59 Å². The minimum atomic E-state index is -0.362. The van der Waals surface area contributed by atoms with E-state index in [1.165, 1.54) is 0 Å². The normalized spacial score (nSPS) is 24.9. The summed E-state index contributed by atoms with van der Waals surface area (Å²) >= 11 is 0. The van der Waals surface area contributed by atoms with Crippen molar-refractivity contribution in [2.45, 2.75) is 66.5 Å². The van der Waals surface area contributed by atoms with E-state index in [-0.39, 0.29) is 29.3 Å². The molecule has 0 aromatic heterocycles. The van der Waals surface area contributed by atoms with Crippen LogP contribution in [0, 0.1) is 11.3 Å². The van der Waals surface area contributed by atoms with Crippen molar-refractivity contribution in [2.24, 2.45) is 11.3 Å². The highest BCUT2D eigenvalue weighted by Gasteiger charge is 2.40. The quantitative estimate of drug-likeness (QED) is 0.831. The molecule has 0 saturated carbocycles. The first-order valence-electron chi connectivity index (χ1n) is 7.31. The van der Waals surface area contributed by atoms with Crippen LogP contribution in [0.4, 0.5) is 0 Å². The van der Waals surface area contributed by atoms with Crippen molar-refractivity contribution in [3.63, 3.8) is 0 Å². The van der Waals surface area contributed by atoms with Crippen molar-refractivity contribution in [1.82, 2.24) is 10.2 Å². The number of carbonyl (C=O) groups excluding carboxylic acids is 2. The van der Waals surface area contributed by atoms with Crippen LogP contribution in [0.3, 0.4) is 0 Å². The van der Waals surface area contributed by atoms with E-state index in [0.29, 0.717) is 12.5 Å². The minimum absolute atomic E-state index is 0.0122. The molecular formula is C15H28N2O2. The first-order valence-corrected chi connectivity index (χ1v) is 7.31. The lowest BCUT2D eigenvalue weighted by Crippen LogP contribution is -2.63. The summed E-state index contributed by atoms with van der Waals surface area (Å²) in [5.41, 5.74) is 0.0122. The number of carbonyl (C=O) groups is 2. The van der Waals surface area contributed by atoms with Crippen LogP contribution in [0.1, 0.15) is 54.4 Å². The van der Waals surface area contributed by atoms with Gasteiger partial charge in [0.05, 0.1) is 0 Å². The van der Waals surface area contributed by atoms with E-state index in [2.05, 4.69) is 33.0 Å². The SMILES string of the molecule is CCCC1NC(=O)C(C)N(CC(C)(C)C(C)C)C1=O. The molecule has 0 radical (unpaired) electrons. The fraction of sp³-hybridized carbons (Fsp3) is 0.867. The summed E-state index contributed by atoms with van der Waals surface area (Å²) in [7, 11) is 0. The minimum Gasteiger partial charge on any atom is -0.343 e. The van der Waals surface area contributed by atoms with Gasteiger partial charge in [-0.05, 0) is 24.7 Å². The van der Waals surface area contributed by atoms with Gasteiger partial charge in [0, 0.05) is 6.54 Å². The highest BCUT2D eigenvalue weighted by atomic mass is 16.2. The van der Waals surface area contributed by atoms with E-state index in [9.17, 15) is 9.59 Å². The van der Waals surface area contributed by atoms with E-state index >= 15 is 0 Å². The maximum atomic E-state index is 12.5. The van der Waals surface area contributed by atoms with Crippen molar-refractivity contribution in [3.8, 4) is 0 Å². The Bertz CT molecular complexity index is 350. The molecule has 0 aromatic carbocycles. The Kier molecular flexibility index (Phi) is 4.99. The summed E-state index contributed by atoms with van der Waals surface area (Å²) in [5.74, 6) is 0.502. The van der Waals surface area contributed by atoms with Crippen LogP contribution in [0.5, 0.6) is 0 Å². The first kappa shape index (κ1) is 16.0.